The molecule has 1 N–H and O–H groups in total. The van der Waals surface area contributed by atoms with E-state index in [1.54, 1.807) is 0 Å². The molecular weight excluding hydrogens is 334 g/mol. The molecule has 0 atom stereocenters. The maximum absolute atomic E-state index is 6.01. The number of rotatable bonds is 3. The maximum atomic E-state index is 6.01. The SMILES string of the molecule is CCNc1nc(-c2ccc(Cl)cc2)nc2c1CCOc1ccccc1-2. The number of aromatic nitrogens is 2. The van der Waals surface area contributed by atoms with Crippen molar-refractivity contribution in [2.75, 3.05) is 18.5 Å². The Morgan fingerprint density at radius 1 is 1.08 bits per heavy atom. The van der Waals surface area contributed by atoms with E-state index in [-0.39, 0.29) is 0 Å². The van der Waals surface area contributed by atoms with E-state index in [1.807, 2.05) is 48.5 Å². The molecule has 4 nitrogen and oxygen atoms in total. The Kier molecular flexibility index (Phi) is 4.28. The second-order valence-corrected chi connectivity index (χ2v) is 6.29. The number of halogens is 1. The van der Waals surface area contributed by atoms with Crippen molar-refractivity contribution in [2.45, 2.75) is 13.3 Å². The summed E-state index contributed by atoms with van der Waals surface area (Å²) in [5, 5.41) is 4.08. The highest BCUT2D eigenvalue weighted by molar-refractivity contribution is 6.30. The number of hydrogen-bond acceptors (Lipinski definition) is 4. The van der Waals surface area contributed by atoms with E-state index in [9.17, 15) is 0 Å². The van der Waals surface area contributed by atoms with Crippen molar-refractivity contribution in [2.24, 2.45) is 0 Å². The molecule has 5 heteroatoms. The molecule has 0 saturated heterocycles. The van der Waals surface area contributed by atoms with Crippen molar-refractivity contribution in [3.8, 4) is 28.4 Å². The molecule has 0 amide bonds. The van der Waals surface area contributed by atoms with Crippen LogP contribution in [0.5, 0.6) is 5.75 Å². The zero-order valence-corrected chi connectivity index (χ0v) is 14.7. The molecule has 1 aliphatic rings. The molecule has 0 radical (unpaired) electrons. The second-order valence-electron chi connectivity index (χ2n) is 5.85. The summed E-state index contributed by atoms with van der Waals surface area (Å²) in [5.74, 6) is 2.42. The standard InChI is InChI=1S/C20H18ClN3O/c1-2-22-20-16-11-12-25-17-6-4-3-5-15(17)18(16)23-19(24-20)13-7-9-14(21)10-8-13/h3-10H,2,11-12H2,1H3,(H,22,23,24). The molecule has 2 heterocycles. The summed E-state index contributed by atoms with van der Waals surface area (Å²) in [4.78, 5) is 9.65. The predicted molar refractivity (Wildman–Crippen MR) is 101 cm³/mol. The fraction of sp³-hybridized carbons (Fsp3) is 0.200. The van der Waals surface area contributed by atoms with E-state index in [2.05, 4.69) is 12.2 Å². The van der Waals surface area contributed by atoms with Crippen molar-refractivity contribution in [1.82, 2.24) is 9.97 Å². The summed E-state index contributed by atoms with van der Waals surface area (Å²) >= 11 is 6.01. The third-order valence-electron chi connectivity index (χ3n) is 4.21. The van der Waals surface area contributed by atoms with Crippen LogP contribution in [0.1, 0.15) is 12.5 Å². The first kappa shape index (κ1) is 15.9. The number of anilines is 1. The van der Waals surface area contributed by atoms with E-state index in [0.717, 1.165) is 46.9 Å². The van der Waals surface area contributed by atoms with Gasteiger partial charge in [0.2, 0.25) is 0 Å². The van der Waals surface area contributed by atoms with Crippen molar-refractivity contribution >= 4 is 17.4 Å². The molecule has 0 unspecified atom stereocenters. The fourth-order valence-corrected chi connectivity index (χ4v) is 3.16. The minimum absolute atomic E-state index is 0.617. The third kappa shape index (κ3) is 3.05. The van der Waals surface area contributed by atoms with Crippen LogP contribution >= 0.6 is 11.6 Å². The lowest BCUT2D eigenvalue weighted by atomic mass is 10.0. The second kappa shape index (κ2) is 6.73. The van der Waals surface area contributed by atoms with Crippen LogP contribution in [0.4, 0.5) is 5.82 Å². The molecule has 0 fully saturated rings. The summed E-state index contributed by atoms with van der Waals surface area (Å²) in [7, 11) is 0. The van der Waals surface area contributed by atoms with Gasteiger partial charge in [0, 0.05) is 34.7 Å². The lowest BCUT2D eigenvalue weighted by Crippen LogP contribution is -2.09. The number of hydrogen-bond donors (Lipinski definition) is 1. The van der Waals surface area contributed by atoms with Crippen molar-refractivity contribution in [1.29, 1.82) is 0 Å². The van der Waals surface area contributed by atoms with Gasteiger partial charge in [-0.15, -0.1) is 0 Å². The normalized spacial score (nSPS) is 12.6. The van der Waals surface area contributed by atoms with Gasteiger partial charge < -0.3 is 10.1 Å². The van der Waals surface area contributed by atoms with Crippen molar-refractivity contribution < 1.29 is 4.74 Å². The van der Waals surface area contributed by atoms with E-state index >= 15 is 0 Å². The average molecular weight is 352 g/mol. The van der Waals surface area contributed by atoms with Gasteiger partial charge in [0.15, 0.2) is 5.82 Å². The number of nitrogens with zero attached hydrogens (tertiary/aromatic N) is 2. The zero-order chi connectivity index (χ0) is 17.2. The van der Waals surface area contributed by atoms with Gasteiger partial charge in [-0.05, 0) is 43.3 Å². The topological polar surface area (TPSA) is 47.0 Å². The monoisotopic (exact) mass is 351 g/mol. The molecule has 1 aliphatic heterocycles. The van der Waals surface area contributed by atoms with Gasteiger partial charge in [-0.25, -0.2) is 9.97 Å². The first-order chi connectivity index (χ1) is 12.3. The van der Waals surface area contributed by atoms with E-state index in [1.165, 1.54) is 0 Å². The molecule has 1 aromatic heterocycles. The van der Waals surface area contributed by atoms with Gasteiger partial charge in [0.1, 0.15) is 11.6 Å². The highest BCUT2D eigenvalue weighted by Gasteiger charge is 2.21. The molecule has 0 aliphatic carbocycles. The summed E-state index contributed by atoms with van der Waals surface area (Å²) in [6.45, 7) is 3.48. The molecule has 126 valence electrons. The third-order valence-corrected chi connectivity index (χ3v) is 4.46. The average Bonchev–Trinajstić information content (AvgIpc) is 2.82. The number of ether oxygens (including phenoxy) is 1. The van der Waals surface area contributed by atoms with Crippen molar-refractivity contribution in [3.63, 3.8) is 0 Å². The van der Waals surface area contributed by atoms with Crippen LogP contribution in [0.15, 0.2) is 48.5 Å². The van der Waals surface area contributed by atoms with Gasteiger partial charge in [-0.2, -0.15) is 0 Å². The van der Waals surface area contributed by atoms with E-state index < -0.39 is 0 Å². The summed E-state index contributed by atoms with van der Waals surface area (Å²) in [5.41, 5.74) is 3.98. The Morgan fingerprint density at radius 3 is 2.68 bits per heavy atom. The van der Waals surface area contributed by atoms with Crippen LogP contribution in [-0.2, 0) is 6.42 Å². The van der Waals surface area contributed by atoms with Gasteiger partial charge >= 0.3 is 0 Å². The first-order valence-electron chi connectivity index (χ1n) is 8.39. The van der Waals surface area contributed by atoms with Gasteiger partial charge in [0.05, 0.1) is 12.3 Å². The molecule has 0 bridgehead atoms. The van der Waals surface area contributed by atoms with E-state index in [4.69, 9.17) is 26.3 Å². The van der Waals surface area contributed by atoms with Crippen LogP contribution in [0.25, 0.3) is 22.6 Å². The molecule has 2 aromatic carbocycles. The molecule has 3 aromatic rings. The lowest BCUT2D eigenvalue weighted by Gasteiger charge is -2.14. The predicted octanol–water partition coefficient (Wildman–Crippen LogP) is 4.83. The summed E-state index contributed by atoms with van der Waals surface area (Å²) in [6, 6.07) is 15.6. The Labute approximate surface area is 151 Å². The molecule has 25 heavy (non-hydrogen) atoms. The quantitative estimate of drug-likeness (QED) is 0.734. The van der Waals surface area contributed by atoms with Gasteiger partial charge in [-0.3, -0.25) is 0 Å². The molecular formula is C20H18ClN3O. The van der Waals surface area contributed by atoms with Crippen LogP contribution in [0.2, 0.25) is 5.02 Å². The Hall–Kier alpha value is -2.59. The number of nitrogens with one attached hydrogen (secondary N) is 1. The largest absolute Gasteiger partial charge is 0.493 e. The van der Waals surface area contributed by atoms with Crippen LogP contribution in [0, 0.1) is 0 Å². The van der Waals surface area contributed by atoms with E-state index in [0.29, 0.717) is 17.5 Å². The summed E-state index contributed by atoms with van der Waals surface area (Å²) < 4.78 is 5.91. The number of benzene rings is 2. The molecule has 0 spiro atoms. The highest BCUT2D eigenvalue weighted by atomic mass is 35.5. The minimum atomic E-state index is 0.617. The van der Waals surface area contributed by atoms with Crippen molar-refractivity contribution in [3.05, 3.63) is 59.1 Å². The maximum Gasteiger partial charge on any atom is 0.162 e. The lowest BCUT2D eigenvalue weighted by molar-refractivity contribution is 0.326. The Morgan fingerprint density at radius 2 is 1.88 bits per heavy atom. The number of para-hydroxylation sites is 1. The van der Waals surface area contributed by atoms with Gasteiger partial charge in [0.25, 0.3) is 0 Å². The fourth-order valence-electron chi connectivity index (χ4n) is 3.04. The highest BCUT2D eigenvalue weighted by Crippen LogP contribution is 2.37. The minimum Gasteiger partial charge on any atom is -0.493 e. The Balaban J connectivity index is 1.94. The van der Waals surface area contributed by atoms with Gasteiger partial charge in [-0.1, -0.05) is 23.7 Å². The Bertz CT molecular complexity index is 909. The first-order valence-corrected chi connectivity index (χ1v) is 8.77. The summed E-state index contributed by atoms with van der Waals surface area (Å²) in [6.07, 6.45) is 0.771. The number of fused-ring (bicyclic) bond motifs is 3. The van der Waals surface area contributed by atoms with Crippen LogP contribution in [0.3, 0.4) is 0 Å². The molecule has 0 saturated carbocycles. The zero-order valence-electron chi connectivity index (χ0n) is 13.9. The molecule has 4 rings (SSSR count). The van der Waals surface area contributed by atoms with Crippen LogP contribution < -0.4 is 10.1 Å². The van der Waals surface area contributed by atoms with Crippen LogP contribution in [-0.4, -0.2) is 23.1 Å². The smallest absolute Gasteiger partial charge is 0.162 e.